The third-order valence-corrected chi connectivity index (χ3v) is 11.5. The van der Waals surface area contributed by atoms with Gasteiger partial charge in [-0.2, -0.15) is 0 Å². The van der Waals surface area contributed by atoms with Crippen LogP contribution in [0.1, 0.15) is 104 Å². The quantitative estimate of drug-likeness (QED) is 0.0509. The third-order valence-electron chi connectivity index (χ3n) is 11.5. The molecule has 0 aliphatic heterocycles. The highest BCUT2D eigenvalue weighted by molar-refractivity contribution is 5.90. The van der Waals surface area contributed by atoms with E-state index in [9.17, 15) is 9.59 Å². The lowest BCUT2D eigenvalue weighted by Gasteiger charge is -2.12. The van der Waals surface area contributed by atoms with Crippen LogP contribution in [0, 0.1) is 6.92 Å². The lowest BCUT2D eigenvalue weighted by molar-refractivity contribution is -0.117. The average molecular weight is 940 g/mol. The van der Waals surface area contributed by atoms with Crippen molar-refractivity contribution in [1.82, 2.24) is 25.6 Å². The van der Waals surface area contributed by atoms with Gasteiger partial charge in [-0.05, 0) is 158 Å². The normalized spacial score (nSPS) is 12.2. The number of benzene rings is 3. The number of hydrogen-bond acceptors (Lipinski definition) is 8. The first-order valence-electron chi connectivity index (χ1n) is 24.0. The molecule has 0 radical (unpaired) electrons. The van der Waals surface area contributed by atoms with Gasteiger partial charge < -0.3 is 24.8 Å². The van der Waals surface area contributed by atoms with E-state index in [1.54, 1.807) is 51.8 Å². The van der Waals surface area contributed by atoms with Gasteiger partial charge in [-0.3, -0.25) is 24.5 Å². The van der Waals surface area contributed by atoms with E-state index in [0.29, 0.717) is 5.92 Å². The van der Waals surface area contributed by atoms with Crippen molar-refractivity contribution < 1.29 is 23.8 Å². The number of pyridine rings is 3. The Balaban J connectivity index is 0.000000262. The molecule has 3 heterocycles. The van der Waals surface area contributed by atoms with Crippen molar-refractivity contribution in [2.45, 2.75) is 91.1 Å². The molecule has 3 aromatic carbocycles. The number of aromatic nitrogens is 3. The minimum absolute atomic E-state index is 0.0895. The molecule has 0 bridgehead atoms. The zero-order chi connectivity index (χ0) is 50.1. The van der Waals surface area contributed by atoms with E-state index in [2.05, 4.69) is 64.6 Å². The standard InChI is InChI=1S/C32H38N2O3.C28H31N3O2/c1-23(2)31-21-12-25(22-33-31)9-6-8-24(3)34-32(35)11-7-10-30(26-13-17-28(36-4)18-14-26)27-15-19-29(37-5)20-16-27;1-21-17-23(19-30-18-21)8-4-7-22(2)31-28(32)11-5-10-27(25-9-6-16-29-20-25)24-12-14-26(33-3)15-13-24/h7,10-24H,6,8-9H2,1-5H3,(H,34,35);5-6,9-20,22H,4,7-8H2,1-3H3,(H,31,32)/b11-7+;11-5+,27-10+/t24-;22-/m11/s1. The SMILES string of the molecule is COc1ccc(/C(=C\C=C\C(=O)N[C@H](C)CCCc2cncc(C)c2)c2cccnc2)cc1.COc1ccc(C(=C/C=C/C(=O)N[C@H](C)CCCc2ccc(C(C)C)nc2)c2ccc(OC)cc2)cc1. The maximum atomic E-state index is 12.5. The topological polar surface area (TPSA) is 125 Å². The largest absolute Gasteiger partial charge is 0.497 e. The Labute approximate surface area is 415 Å². The van der Waals surface area contributed by atoms with Crippen molar-refractivity contribution in [3.05, 3.63) is 215 Å². The monoisotopic (exact) mass is 940 g/mol. The third kappa shape index (κ3) is 18.1. The van der Waals surface area contributed by atoms with Crippen molar-refractivity contribution in [2.75, 3.05) is 21.3 Å². The van der Waals surface area contributed by atoms with Crippen molar-refractivity contribution in [3.8, 4) is 17.2 Å². The minimum Gasteiger partial charge on any atom is -0.497 e. The maximum absolute atomic E-state index is 12.5. The lowest BCUT2D eigenvalue weighted by Crippen LogP contribution is -2.31. The van der Waals surface area contributed by atoms with Gasteiger partial charge in [-0.25, -0.2) is 0 Å². The number of nitrogens with zero attached hydrogens (tertiary/aromatic N) is 3. The number of amides is 2. The molecule has 6 rings (SSSR count). The molecule has 2 atom stereocenters. The Morgan fingerprint density at radius 2 is 1.04 bits per heavy atom. The Morgan fingerprint density at radius 3 is 1.46 bits per heavy atom. The Kier molecular flexibility index (Phi) is 21.9. The summed E-state index contributed by atoms with van der Waals surface area (Å²) in [5, 5.41) is 6.12. The van der Waals surface area contributed by atoms with Gasteiger partial charge in [0.1, 0.15) is 17.2 Å². The van der Waals surface area contributed by atoms with E-state index < -0.39 is 0 Å². The second-order valence-corrected chi connectivity index (χ2v) is 17.5. The molecule has 3 aromatic heterocycles. The molecule has 0 aliphatic rings. The first-order chi connectivity index (χ1) is 33.9. The van der Waals surface area contributed by atoms with E-state index in [-0.39, 0.29) is 23.9 Å². The number of methoxy groups -OCH3 is 3. The van der Waals surface area contributed by atoms with Gasteiger partial charge in [0.05, 0.1) is 21.3 Å². The van der Waals surface area contributed by atoms with E-state index in [1.807, 2.05) is 136 Å². The Morgan fingerprint density at radius 1 is 0.557 bits per heavy atom. The molecule has 10 heteroatoms. The summed E-state index contributed by atoms with van der Waals surface area (Å²) in [7, 11) is 4.95. The molecule has 364 valence electrons. The lowest BCUT2D eigenvalue weighted by atomic mass is 9.97. The molecular formula is C60H69N5O5. The summed E-state index contributed by atoms with van der Waals surface area (Å²) in [5.41, 5.74) is 10.8. The molecule has 0 saturated heterocycles. The van der Waals surface area contributed by atoms with Crippen molar-refractivity contribution in [2.24, 2.45) is 0 Å². The van der Waals surface area contributed by atoms with Gasteiger partial charge in [0.2, 0.25) is 11.8 Å². The van der Waals surface area contributed by atoms with Crippen LogP contribution in [0.2, 0.25) is 0 Å². The number of rotatable bonds is 22. The molecule has 70 heavy (non-hydrogen) atoms. The molecule has 6 aromatic rings. The molecule has 2 amide bonds. The smallest absolute Gasteiger partial charge is 0.244 e. The van der Waals surface area contributed by atoms with Crippen LogP contribution in [0.4, 0.5) is 0 Å². The van der Waals surface area contributed by atoms with Gasteiger partial charge in [-0.1, -0.05) is 92.7 Å². The number of carbonyl (C=O) groups is 2. The molecule has 2 N–H and O–H groups in total. The summed E-state index contributed by atoms with van der Waals surface area (Å²) in [5.74, 6) is 2.63. The summed E-state index contributed by atoms with van der Waals surface area (Å²) in [6, 6.07) is 34.1. The average Bonchev–Trinajstić information content (AvgIpc) is 3.37. The van der Waals surface area contributed by atoms with Gasteiger partial charge >= 0.3 is 0 Å². The van der Waals surface area contributed by atoms with Crippen LogP contribution in [-0.4, -0.2) is 60.2 Å². The van der Waals surface area contributed by atoms with Gasteiger partial charge in [0.15, 0.2) is 0 Å². The highest BCUT2D eigenvalue weighted by Crippen LogP contribution is 2.28. The van der Waals surface area contributed by atoms with Gasteiger partial charge in [-0.15, -0.1) is 0 Å². The summed E-state index contributed by atoms with van der Waals surface area (Å²) < 4.78 is 15.8. The number of hydrogen-bond donors (Lipinski definition) is 2. The molecule has 0 saturated carbocycles. The van der Waals surface area contributed by atoms with Crippen LogP contribution in [0.15, 0.2) is 171 Å². The van der Waals surface area contributed by atoms with Crippen molar-refractivity contribution in [1.29, 1.82) is 0 Å². The Bertz CT molecular complexity index is 2590. The number of nitrogens with one attached hydrogen (secondary N) is 2. The van der Waals surface area contributed by atoms with Gasteiger partial charge in [0.25, 0.3) is 0 Å². The second kappa shape index (κ2) is 28.7. The first-order valence-corrected chi connectivity index (χ1v) is 24.0. The van der Waals surface area contributed by atoms with E-state index in [0.717, 1.165) is 94.9 Å². The molecular weight excluding hydrogens is 871 g/mol. The predicted molar refractivity (Wildman–Crippen MR) is 284 cm³/mol. The van der Waals surface area contributed by atoms with E-state index >= 15 is 0 Å². The summed E-state index contributed by atoms with van der Waals surface area (Å²) >= 11 is 0. The number of carbonyl (C=O) groups excluding carboxylic acids is 2. The molecule has 0 unspecified atom stereocenters. The summed E-state index contributed by atoms with van der Waals surface area (Å²) in [6.45, 7) is 10.4. The van der Waals surface area contributed by atoms with Gasteiger partial charge in [0, 0.05) is 66.5 Å². The fourth-order valence-corrected chi connectivity index (χ4v) is 7.65. The summed E-state index contributed by atoms with van der Waals surface area (Å²) in [6.07, 6.45) is 25.7. The van der Waals surface area contributed by atoms with E-state index in [1.165, 1.54) is 16.7 Å². The fourth-order valence-electron chi connectivity index (χ4n) is 7.65. The highest BCUT2D eigenvalue weighted by atomic mass is 16.5. The summed E-state index contributed by atoms with van der Waals surface area (Å²) in [4.78, 5) is 37.9. The molecule has 10 nitrogen and oxygen atoms in total. The molecule has 0 fully saturated rings. The second-order valence-electron chi connectivity index (χ2n) is 17.5. The molecule has 0 aliphatic carbocycles. The zero-order valence-electron chi connectivity index (χ0n) is 42.0. The predicted octanol–water partition coefficient (Wildman–Crippen LogP) is 12.0. The van der Waals surface area contributed by atoms with Crippen LogP contribution in [0.25, 0.3) is 11.1 Å². The van der Waals surface area contributed by atoms with Crippen molar-refractivity contribution >= 4 is 23.0 Å². The Hall–Kier alpha value is -7.59. The zero-order valence-corrected chi connectivity index (χ0v) is 42.0. The highest BCUT2D eigenvalue weighted by Gasteiger charge is 2.10. The van der Waals surface area contributed by atoms with Crippen LogP contribution < -0.4 is 24.8 Å². The fraction of sp³-hybridized carbons (Fsp3) is 0.283. The van der Waals surface area contributed by atoms with Crippen LogP contribution in [0.3, 0.4) is 0 Å². The number of ether oxygens (including phenoxy) is 3. The molecule has 0 spiro atoms. The minimum atomic E-state index is -0.101. The van der Waals surface area contributed by atoms with E-state index in [4.69, 9.17) is 14.2 Å². The van der Waals surface area contributed by atoms with Crippen LogP contribution in [0.5, 0.6) is 17.2 Å². The van der Waals surface area contributed by atoms with Crippen LogP contribution in [-0.2, 0) is 22.4 Å². The number of aryl methyl sites for hydroxylation is 3. The van der Waals surface area contributed by atoms with Crippen molar-refractivity contribution in [3.63, 3.8) is 0 Å². The first kappa shape index (κ1) is 53.4. The van der Waals surface area contributed by atoms with Crippen LogP contribution >= 0.6 is 0 Å². The number of allylic oxidation sites excluding steroid dienone is 4. The maximum Gasteiger partial charge on any atom is 0.244 e.